The third kappa shape index (κ3) is 4.78. The number of nitrogens with zero attached hydrogens (tertiary/aromatic N) is 1. The molecule has 10 heteroatoms. The number of rotatable bonds is 4. The van der Waals surface area contributed by atoms with E-state index in [0.717, 1.165) is 17.7 Å². The van der Waals surface area contributed by atoms with Gasteiger partial charge in [0, 0.05) is 49.3 Å². The Balaban J connectivity index is 1.39. The van der Waals surface area contributed by atoms with E-state index in [-0.39, 0.29) is 10.9 Å². The van der Waals surface area contributed by atoms with E-state index in [0.29, 0.717) is 43.1 Å². The number of likely N-dealkylation sites (tertiary alicyclic amines) is 1. The number of nitrogens with one attached hydrogen (secondary N) is 2. The summed E-state index contributed by atoms with van der Waals surface area (Å²) in [4.78, 5) is 38.4. The Labute approximate surface area is 194 Å². The molecule has 2 N–H and O–H groups in total. The molecule has 4 rings (SSSR count). The van der Waals surface area contributed by atoms with E-state index >= 15 is 0 Å². The molecule has 33 heavy (non-hydrogen) atoms. The van der Waals surface area contributed by atoms with Gasteiger partial charge in [0.15, 0.2) is 0 Å². The van der Waals surface area contributed by atoms with Crippen LogP contribution in [0.25, 0.3) is 0 Å². The molecular formula is C23H21ClFN3O5. The van der Waals surface area contributed by atoms with Gasteiger partial charge in [-0.2, -0.15) is 0 Å². The van der Waals surface area contributed by atoms with E-state index in [9.17, 15) is 18.8 Å². The number of piperidine rings is 1. The van der Waals surface area contributed by atoms with Crippen LogP contribution in [0.4, 0.5) is 20.6 Å². The maximum Gasteiger partial charge on any atom is 0.412 e. The summed E-state index contributed by atoms with van der Waals surface area (Å²) in [5, 5.41) is 5.09. The summed E-state index contributed by atoms with van der Waals surface area (Å²) in [5.74, 6) is -0.845. The van der Waals surface area contributed by atoms with Gasteiger partial charge in [-0.05, 0) is 36.4 Å². The van der Waals surface area contributed by atoms with E-state index in [1.54, 1.807) is 24.1 Å². The van der Waals surface area contributed by atoms with Gasteiger partial charge in [0.25, 0.3) is 0 Å². The maximum absolute atomic E-state index is 13.2. The van der Waals surface area contributed by atoms with E-state index in [1.807, 2.05) is 6.07 Å². The minimum absolute atomic E-state index is 0.118. The molecule has 0 atom stereocenters. The molecule has 0 aromatic heterocycles. The van der Waals surface area contributed by atoms with Crippen LogP contribution in [0.3, 0.4) is 0 Å². The van der Waals surface area contributed by atoms with Gasteiger partial charge in [-0.3, -0.25) is 14.9 Å². The molecule has 0 aliphatic carbocycles. The molecule has 2 aromatic rings. The summed E-state index contributed by atoms with van der Waals surface area (Å²) in [7, 11) is 1.56. The second-order valence-corrected chi connectivity index (χ2v) is 8.10. The van der Waals surface area contributed by atoms with Crippen molar-refractivity contribution in [3.05, 3.63) is 65.0 Å². The second kappa shape index (κ2) is 9.11. The molecule has 1 saturated heterocycles. The molecule has 2 heterocycles. The normalized spacial score (nSPS) is 16.7. The molecule has 172 valence electrons. The summed E-state index contributed by atoms with van der Waals surface area (Å²) in [6, 6.07) is 9.14. The first-order valence-corrected chi connectivity index (χ1v) is 10.6. The molecule has 1 spiro atoms. The van der Waals surface area contributed by atoms with Crippen LogP contribution in [0.2, 0.25) is 5.02 Å². The standard InChI is InChI=1S/C23H21ClFN3O5/c1-32-15-3-5-19-16(13-15)23(33-22(31)27-19)8-10-28(11-9-23)21(30)7-6-20(29)26-14-2-4-18(25)17(24)12-14/h2-7,12-13H,8-11H2,1H3,(H,26,29)(H,27,31)/b7-6+. The van der Waals surface area contributed by atoms with Crippen molar-refractivity contribution < 1.29 is 28.2 Å². The average Bonchev–Trinajstić information content (AvgIpc) is 2.80. The molecule has 2 aromatic carbocycles. The maximum atomic E-state index is 13.2. The molecule has 8 nitrogen and oxygen atoms in total. The van der Waals surface area contributed by atoms with Crippen molar-refractivity contribution in [2.24, 2.45) is 0 Å². The van der Waals surface area contributed by atoms with Crippen molar-refractivity contribution in [2.75, 3.05) is 30.8 Å². The second-order valence-electron chi connectivity index (χ2n) is 7.70. The zero-order valence-electron chi connectivity index (χ0n) is 17.7. The third-order valence-corrected chi connectivity index (χ3v) is 5.98. The minimum atomic E-state index is -0.855. The Kier molecular flexibility index (Phi) is 6.24. The van der Waals surface area contributed by atoms with Crippen LogP contribution in [0.1, 0.15) is 18.4 Å². The van der Waals surface area contributed by atoms with Crippen molar-refractivity contribution in [3.63, 3.8) is 0 Å². The SMILES string of the molecule is COc1ccc2c(c1)C1(CCN(C(=O)/C=C/C(=O)Nc3ccc(F)c(Cl)c3)CC1)OC(=O)N2. The zero-order chi connectivity index (χ0) is 23.6. The van der Waals surface area contributed by atoms with E-state index < -0.39 is 23.4 Å². The van der Waals surface area contributed by atoms with Gasteiger partial charge in [0.1, 0.15) is 17.2 Å². The van der Waals surface area contributed by atoms with Crippen LogP contribution >= 0.6 is 11.6 Å². The van der Waals surface area contributed by atoms with Crippen molar-refractivity contribution in [1.82, 2.24) is 4.90 Å². The molecule has 0 radical (unpaired) electrons. The topological polar surface area (TPSA) is 97.0 Å². The highest BCUT2D eigenvalue weighted by Gasteiger charge is 2.45. The Bertz CT molecular complexity index is 1140. The van der Waals surface area contributed by atoms with Gasteiger partial charge in [-0.15, -0.1) is 0 Å². The molecule has 2 aliphatic rings. The lowest BCUT2D eigenvalue weighted by molar-refractivity contribution is -0.130. The van der Waals surface area contributed by atoms with Crippen molar-refractivity contribution >= 4 is 40.9 Å². The highest BCUT2D eigenvalue weighted by Crippen LogP contribution is 2.44. The average molecular weight is 474 g/mol. The number of methoxy groups -OCH3 is 1. The summed E-state index contributed by atoms with van der Waals surface area (Å²) < 4.78 is 24.2. The van der Waals surface area contributed by atoms with Crippen molar-refractivity contribution in [1.29, 1.82) is 0 Å². The highest BCUT2D eigenvalue weighted by molar-refractivity contribution is 6.31. The van der Waals surface area contributed by atoms with Gasteiger partial charge in [-0.25, -0.2) is 9.18 Å². The molecule has 0 bridgehead atoms. The quantitative estimate of drug-likeness (QED) is 0.653. The third-order valence-electron chi connectivity index (χ3n) is 5.69. The predicted octanol–water partition coefficient (Wildman–Crippen LogP) is 4.06. The first-order chi connectivity index (χ1) is 15.8. The number of anilines is 2. The predicted molar refractivity (Wildman–Crippen MR) is 120 cm³/mol. The van der Waals surface area contributed by atoms with Gasteiger partial charge in [0.2, 0.25) is 11.8 Å². The van der Waals surface area contributed by atoms with Crippen LogP contribution in [0.15, 0.2) is 48.6 Å². The number of halogens is 2. The largest absolute Gasteiger partial charge is 0.497 e. The van der Waals surface area contributed by atoms with Crippen LogP contribution < -0.4 is 15.4 Å². The highest BCUT2D eigenvalue weighted by atomic mass is 35.5. The van der Waals surface area contributed by atoms with Crippen LogP contribution in [0.5, 0.6) is 5.75 Å². The summed E-state index contributed by atoms with van der Waals surface area (Å²) in [5.41, 5.74) is 0.919. The van der Waals surface area contributed by atoms with Crippen molar-refractivity contribution in [3.8, 4) is 5.75 Å². The van der Waals surface area contributed by atoms with Crippen molar-refractivity contribution in [2.45, 2.75) is 18.4 Å². The number of ether oxygens (including phenoxy) is 2. The minimum Gasteiger partial charge on any atom is -0.497 e. The zero-order valence-corrected chi connectivity index (χ0v) is 18.4. The Hall–Kier alpha value is -3.59. The first-order valence-electron chi connectivity index (χ1n) is 10.2. The van der Waals surface area contributed by atoms with Gasteiger partial charge in [0.05, 0.1) is 17.8 Å². The van der Waals surface area contributed by atoms with Gasteiger partial charge >= 0.3 is 6.09 Å². The lowest BCUT2D eigenvalue weighted by Gasteiger charge is -2.44. The van der Waals surface area contributed by atoms with Crippen LogP contribution in [-0.2, 0) is 19.9 Å². The fourth-order valence-electron chi connectivity index (χ4n) is 3.97. The van der Waals surface area contributed by atoms with Crippen LogP contribution in [0, 0.1) is 5.82 Å². The smallest absolute Gasteiger partial charge is 0.412 e. The van der Waals surface area contributed by atoms with E-state index in [1.165, 1.54) is 18.2 Å². The monoisotopic (exact) mass is 473 g/mol. The fourth-order valence-corrected chi connectivity index (χ4v) is 4.15. The lowest BCUT2D eigenvalue weighted by Crippen LogP contribution is -2.49. The molecule has 0 saturated carbocycles. The number of benzene rings is 2. The molecule has 1 fully saturated rings. The molecular weight excluding hydrogens is 453 g/mol. The summed E-state index contributed by atoms with van der Waals surface area (Å²) >= 11 is 5.70. The number of carbonyl (C=O) groups excluding carboxylic acids is 3. The molecule has 0 unspecified atom stereocenters. The fraction of sp³-hybridized carbons (Fsp3) is 0.261. The Morgan fingerprint density at radius 3 is 2.67 bits per heavy atom. The van der Waals surface area contributed by atoms with E-state index in [2.05, 4.69) is 10.6 Å². The summed E-state index contributed by atoms with van der Waals surface area (Å²) in [6.07, 6.45) is 2.55. The Morgan fingerprint density at radius 2 is 1.97 bits per heavy atom. The number of carbonyl (C=O) groups is 3. The number of fused-ring (bicyclic) bond motifs is 2. The number of hydrogen-bond acceptors (Lipinski definition) is 5. The summed E-state index contributed by atoms with van der Waals surface area (Å²) in [6.45, 7) is 0.671. The first kappa shape index (κ1) is 22.6. The number of amides is 3. The molecule has 3 amide bonds. The lowest BCUT2D eigenvalue weighted by atomic mass is 9.82. The number of hydrogen-bond donors (Lipinski definition) is 2. The van der Waals surface area contributed by atoms with Gasteiger partial charge < -0.3 is 19.7 Å². The van der Waals surface area contributed by atoms with Gasteiger partial charge in [-0.1, -0.05) is 11.6 Å². The Morgan fingerprint density at radius 1 is 1.21 bits per heavy atom. The van der Waals surface area contributed by atoms with E-state index in [4.69, 9.17) is 21.1 Å². The van der Waals surface area contributed by atoms with Crippen LogP contribution in [-0.4, -0.2) is 43.0 Å². The molecule has 2 aliphatic heterocycles.